The molecule has 0 saturated carbocycles. The highest BCUT2D eigenvalue weighted by Crippen LogP contribution is 2.20. The van der Waals surface area contributed by atoms with Gasteiger partial charge in [-0.15, -0.1) is 0 Å². The van der Waals surface area contributed by atoms with Gasteiger partial charge in [-0.2, -0.15) is 0 Å². The average Bonchev–Trinajstić information content (AvgIpc) is 2.14. The summed E-state index contributed by atoms with van der Waals surface area (Å²) in [6.07, 6.45) is 4.43. The standard InChI is InChI=1S/C12H27NO/c1-6-9-10(13)11(7-2)14-12(4,5)8-3/h10-11H,6-9,13H2,1-5H3. The SMILES string of the molecule is CCCC(N)C(CC)OC(C)(C)CC. The lowest BCUT2D eigenvalue weighted by atomic mass is 10.0. The molecule has 0 aromatic heterocycles. The Labute approximate surface area is 89.2 Å². The molecule has 0 aliphatic rings. The highest BCUT2D eigenvalue weighted by atomic mass is 16.5. The Morgan fingerprint density at radius 2 is 1.79 bits per heavy atom. The second kappa shape index (κ2) is 6.41. The fourth-order valence-corrected chi connectivity index (χ4v) is 1.49. The minimum Gasteiger partial charge on any atom is -0.371 e. The van der Waals surface area contributed by atoms with Crippen molar-refractivity contribution in [3.8, 4) is 0 Å². The lowest BCUT2D eigenvalue weighted by molar-refractivity contribution is -0.0849. The molecule has 2 N–H and O–H groups in total. The molecular weight excluding hydrogens is 174 g/mol. The monoisotopic (exact) mass is 201 g/mol. The molecule has 0 aromatic carbocycles. The summed E-state index contributed by atoms with van der Waals surface area (Å²) in [7, 11) is 0. The van der Waals surface area contributed by atoms with E-state index in [1.165, 1.54) is 0 Å². The van der Waals surface area contributed by atoms with E-state index in [1.54, 1.807) is 0 Å². The molecule has 2 heteroatoms. The predicted octanol–water partition coefficient (Wildman–Crippen LogP) is 3.10. The highest BCUT2D eigenvalue weighted by Gasteiger charge is 2.24. The Kier molecular flexibility index (Phi) is 6.38. The van der Waals surface area contributed by atoms with E-state index in [0.29, 0.717) is 0 Å². The van der Waals surface area contributed by atoms with Crippen LogP contribution in [0.1, 0.15) is 60.3 Å². The van der Waals surface area contributed by atoms with Crippen LogP contribution in [0.2, 0.25) is 0 Å². The molecule has 2 unspecified atom stereocenters. The minimum absolute atomic E-state index is 0.0357. The predicted molar refractivity (Wildman–Crippen MR) is 62.4 cm³/mol. The molecule has 0 aromatic rings. The molecule has 0 bridgehead atoms. The first-order chi connectivity index (χ1) is 6.46. The van der Waals surface area contributed by atoms with Crippen LogP contribution >= 0.6 is 0 Å². The van der Waals surface area contributed by atoms with Gasteiger partial charge in [-0.1, -0.05) is 27.2 Å². The third-order valence-electron chi connectivity index (χ3n) is 2.82. The van der Waals surface area contributed by atoms with Gasteiger partial charge in [0.25, 0.3) is 0 Å². The Hall–Kier alpha value is -0.0800. The van der Waals surface area contributed by atoms with Crippen molar-refractivity contribution in [1.29, 1.82) is 0 Å². The number of nitrogens with two attached hydrogens (primary N) is 1. The maximum absolute atomic E-state index is 6.08. The van der Waals surface area contributed by atoms with Crippen molar-refractivity contribution in [3.05, 3.63) is 0 Å². The summed E-state index contributed by atoms with van der Waals surface area (Å²) in [4.78, 5) is 0. The van der Waals surface area contributed by atoms with Gasteiger partial charge in [0.2, 0.25) is 0 Å². The van der Waals surface area contributed by atoms with E-state index in [-0.39, 0.29) is 17.7 Å². The van der Waals surface area contributed by atoms with Crippen molar-refractivity contribution in [2.45, 2.75) is 78.0 Å². The maximum atomic E-state index is 6.08. The van der Waals surface area contributed by atoms with Gasteiger partial charge in [-0.3, -0.25) is 0 Å². The van der Waals surface area contributed by atoms with Crippen molar-refractivity contribution in [3.63, 3.8) is 0 Å². The average molecular weight is 201 g/mol. The van der Waals surface area contributed by atoms with Gasteiger partial charge in [0.1, 0.15) is 0 Å². The molecule has 0 radical (unpaired) electrons. The summed E-state index contributed by atoms with van der Waals surface area (Å²) >= 11 is 0. The largest absolute Gasteiger partial charge is 0.371 e. The van der Waals surface area contributed by atoms with Crippen LogP contribution in [0.25, 0.3) is 0 Å². The summed E-state index contributed by atoms with van der Waals surface area (Å²) in [6.45, 7) is 10.7. The third kappa shape index (κ3) is 4.97. The lowest BCUT2D eigenvalue weighted by Crippen LogP contribution is -2.41. The molecule has 2 nitrogen and oxygen atoms in total. The Morgan fingerprint density at radius 1 is 1.21 bits per heavy atom. The number of hydrogen-bond acceptors (Lipinski definition) is 2. The minimum atomic E-state index is -0.0357. The van der Waals surface area contributed by atoms with Crippen LogP contribution in [0.3, 0.4) is 0 Å². The van der Waals surface area contributed by atoms with Crippen LogP contribution in [0.5, 0.6) is 0 Å². The third-order valence-corrected chi connectivity index (χ3v) is 2.82. The molecule has 0 amide bonds. The first-order valence-corrected chi connectivity index (χ1v) is 5.90. The van der Waals surface area contributed by atoms with Crippen molar-refractivity contribution >= 4 is 0 Å². The molecular formula is C12H27NO. The Morgan fingerprint density at radius 3 is 2.14 bits per heavy atom. The van der Waals surface area contributed by atoms with Gasteiger partial charge in [0.15, 0.2) is 0 Å². The van der Waals surface area contributed by atoms with E-state index in [9.17, 15) is 0 Å². The molecule has 0 aliphatic heterocycles. The fraction of sp³-hybridized carbons (Fsp3) is 1.00. The van der Waals surface area contributed by atoms with Crippen molar-refractivity contribution in [2.24, 2.45) is 5.73 Å². The van der Waals surface area contributed by atoms with Gasteiger partial charge in [0, 0.05) is 6.04 Å². The molecule has 0 aliphatic carbocycles. The Balaban J connectivity index is 4.14. The highest BCUT2D eigenvalue weighted by molar-refractivity contribution is 4.76. The quantitative estimate of drug-likeness (QED) is 0.687. The molecule has 86 valence electrons. The smallest absolute Gasteiger partial charge is 0.0730 e. The summed E-state index contributed by atoms with van der Waals surface area (Å²) in [5.41, 5.74) is 6.04. The number of ether oxygens (including phenoxy) is 1. The molecule has 0 fully saturated rings. The zero-order chi connectivity index (χ0) is 11.2. The van der Waals surface area contributed by atoms with Crippen molar-refractivity contribution < 1.29 is 4.74 Å². The molecule has 14 heavy (non-hydrogen) atoms. The number of hydrogen-bond donors (Lipinski definition) is 1. The van der Waals surface area contributed by atoms with Gasteiger partial charge in [0.05, 0.1) is 11.7 Å². The molecule has 0 saturated heterocycles. The number of rotatable bonds is 7. The normalized spacial score (nSPS) is 16.7. The summed E-state index contributed by atoms with van der Waals surface area (Å²) in [5, 5.41) is 0. The molecule has 2 atom stereocenters. The van der Waals surface area contributed by atoms with Crippen LogP contribution in [-0.4, -0.2) is 17.7 Å². The van der Waals surface area contributed by atoms with Gasteiger partial charge >= 0.3 is 0 Å². The summed E-state index contributed by atoms with van der Waals surface area (Å²) in [6, 6.07) is 0.191. The zero-order valence-corrected chi connectivity index (χ0v) is 10.5. The van der Waals surface area contributed by atoms with Crippen molar-refractivity contribution in [2.75, 3.05) is 0 Å². The summed E-state index contributed by atoms with van der Waals surface area (Å²) in [5.74, 6) is 0. The molecule has 0 rings (SSSR count). The van der Waals surface area contributed by atoms with E-state index in [0.717, 1.165) is 25.7 Å². The van der Waals surface area contributed by atoms with Gasteiger partial charge < -0.3 is 10.5 Å². The van der Waals surface area contributed by atoms with Crippen LogP contribution in [0.4, 0.5) is 0 Å². The van der Waals surface area contributed by atoms with Crippen molar-refractivity contribution in [1.82, 2.24) is 0 Å². The van der Waals surface area contributed by atoms with Crippen LogP contribution in [-0.2, 0) is 4.74 Å². The van der Waals surface area contributed by atoms with Crippen LogP contribution in [0.15, 0.2) is 0 Å². The lowest BCUT2D eigenvalue weighted by Gasteiger charge is -2.32. The van der Waals surface area contributed by atoms with Crippen LogP contribution < -0.4 is 5.73 Å². The second-order valence-corrected chi connectivity index (χ2v) is 4.63. The van der Waals surface area contributed by atoms with Crippen LogP contribution in [0, 0.1) is 0 Å². The second-order valence-electron chi connectivity index (χ2n) is 4.63. The Bertz CT molecular complexity index is 145. The first-order valence-electron chi connectivity index (χ1n) is 5.90. The fourth-order valence-electron chi connectivity index (χ4n) is 1.49. The van der Waals surface area contributed by atoms with Gasteiger partial charge in [-0.25, -0.2) is 0 Å². The maximum Gasteiger partial charge on any atom is 0.0730 e. The molecule has 0 spiro atoms. The van der Waals surface area contributed by atoms with E-state index < -0.39 is 0 Å². The van der Waals surface area contributed by atoms with E-state index in [1.807, 2.05) is 0 Å². The summed E-state index contributed by atoms with van der Waals surface area (Å²) < 4.78 is 6.03. The van der Waals surface area contributed by atoms with E-state index in [4.69, 9.17) is 10.5 Å². The van der Waals surface area contributed by atoms with E-state index >= 15 is 0 Å². The topological polar surface area (TPSA) is 35.2 Å². The first kappa shape index (κ1) is 13.9. The zero-order valence-electron chi connectivity index (χ0n) is 10.5. The van der Waals surface area contributed by atoms with Gasteiger partial charge in [-0.05, 0) is 33.1 Å². The molecule has 0 heterocycles. The van der Waals surface area contributed by atoms with E-state index in [2.05, 4.69) is 34.6 Å².